The van der Waals surface area contributed by atoms with E-state index in [4.69, 9.17) is 0 Å². The van der Waals surface area contributed by atoms with E-state index in [0.717, 1.165) is 43.6 Å². The molecule has 19 heavy (non-hydrogen) atoms. The quantitative estimate of drug-likeness (QED) is 0.902. The standard InChI is InChI=1S/C16H24N2O/c1-13-6-3-4-8-15(13)16(19)18-11-5-7-14(12-18)9-10-17-2/h3-4,6,8,14,17H,5,7,9-12H2,1-2H3. The van der Waals surface area contributed by atoms with Crippen LogP contribution >= 0.6 is 0 Å². The van der Waals surface area contributed by atoms with Gasteiger partial charge in [-0.25, -0.2) is 0 Å². The largest absolute Gasteiger partial charge is 0.338 e. The molecule has 0 bridgehead atoms. The first-order chi connectivity index (χ1) is 9.22. The van der Waals surface area contributed by atoms with Crippen LogP contribution in [0, 0.1) is 12.8 Å². The predicted octanol–water partition coefficient (Wildman–Crippen LogP) is 2.46. The summed E-state index contributed by atoms with van der Waals surface area (Å²) in [6.07, 6.45) is 3.54. The van der Waals surface area contributed by atoms with Crippen LogP contribution in [0.2, 0.25) is 0 Å². The number of rotatable bonds is 4. The van der Waals surface area contributed by atoms with Crippen molar-refractivity contribution in [3.8, 4) is 0 Å². The summed E-state index contributed by atoms with van der Waals surface area (Å²) < 4.78 is 0. The first kappa shape index (κ1) is 14.1. The molecule has 1 fully saturated rings. The molecule has 2 rings (SSSR count). The van der Waals surface area contributed by atoms with E-state index >= 15 is 0 Å². The van der Waals surface area contributed by atoms with Crippen LogP contribution in [0.5, 0.6) is 0 Å². The third kappa shape index (κ3) is 3.57. The summed E-state index contributed by atoms with van der Waals surface area (Å²) in [5, 5.41) is 3.20. The maximum Gasteiger partial charge on any atom is 0.254 e. The van der Waals surface area contributed by atoms with Gasteiger partial charge < -0.3 is 10.2 Å². The summed E-state index contributed by atoms with van der Waals surface area (Å²) in [6.45, 7) is 4.87. The van der Waals surface area contributed by atoms with E-state index in [9.17, 15) is 4.79 Å². The molecule has 1 heterocycles. The van der Waals surface area contributed by atoms with Crippen molar-refractivity contribution in [1.82, 2.24) is 10.2 Å². The first-order valence-corrected chi connectivity index (χ1v) is 7.22. The molecule has 104 valence electrons. The van der Waals surface area contributed by atoms with Gasteiger partial charge in [0.25, 0.3) is 5.91 Å². The molecule has 0 radical (unpaired) electrons. The lowest BCUT2D eigenvalue weighted by molar-refractivity contribution is 0.0668. The molecule has 1 saturated heterocycles. The molecule has 1 amide bonds. The molecule has 1 aliphatic heterocycles. The Morgan fingerprint density at radius 1 is 1.42 bits per heavy atom. The molecule has 1 N–H and O–H groups in total. The van der Waals surface area contributed by atoms with Crippen LogP contribution in [-0.2, 0) is 0 Å². The third-order valence-corrected chi connectivity index (χ3v) is 3.98. The zero-order valence-corrected chi connectivity index (χ0v) is 12.0. The molecule has 1 unspecified atom stereocenters. The second-order valence-corrected chi connectivity index (χ2v) is 5.47. The number of hydrogen-bond acceptors (Lipinski definition) is 2. The lowest BCUT2D eigenvalue weighted by Gasteiger charge is -2.33. The average Bonchev–Trinajstić information content (AvgIpc) is 2.45. The zero-order valence-electron chi connectivity index (χ0n) is 12.0. The van der Waals surface area contributed by atoms with E-state index in [2.05, 4.69) is 5.32 Å². The lowest BCUT2D eigenvalue weighted by Crippen LogP contribution is -2.40. The number of amides is 1. The Balaban J connectivity index is 2.01. The second kappa shape index (κ2) is 6.71. The van der Waals surface area contributed by atoms with Crippen LogP contribution in [0.3, 0.4) is 0 Å². The van der Waals surface area contributed by atoms with Crippen molar-refractivity contribution < 1.29 is 4.79 Å². The molecule has 1 aromatic rings. The third-order valence-electron chi connectivity index (χ3n) is 3.98. The normalized spacial score (nSPS) is 19.5. The number of carbonyl (C=O) groups is 1. The number of piperidine rings is 1. The van der Waals surface area contributed by atoms with E-state index in [-0.39, 0.29) is 5.91 Å². The highest BCUT2D eigenvalue weighted by Gasteiger charge is 2.24. The van der Waals surface area contributed by atoms with Gasteiger partial charge in [0.1, 0.15) is 0 Å². The zero-order chi connectivity index (χ0) is 13.7. The maximum absolute atomic E-state index is 12.6. The molecule has 1 atom stereocenters. The molecule has 3 nitrogen and oxygen atoms in total. The second-order valence-electron chi connectivity index (χ2n) is 5.47. The van der Waals surface area contributed by atoms with Crippen LogP contribution in [0.4, 0.5) is 0 Å². The molecule has 1 aliphatic rings. The summed E-state index contributed by atoms with van der Waals surface area (Å²) in [4.78, 5) is 14.6. The van der Waals surface area contributed by atoms with Crippen molar-refractivity contribution in [1.29, 1.82) is 0 Å². The minimum Gasteiger partial charge on any atom is -0.338 e. The average molecular weight is 260 g/mol. The number of nitrogens with zero attached hydrogens (tertiary/aromatic N) is 1. The molecule has 0 spiro atoms. The molecule has 0 aromatic heterocycles. The molecular formula is C16H24N2O. The van der Waals surface area contributed by atoms with Crippen LogP contribution < -0.4 is 5.32 Å². The van der Waals surface area contributed by atoms with Crippen molar-refractivity contribution in [2.24, 2.45) is 5.92 Å². The van der Waals surface area contributed by atoms with Gasteiger partial charge in [0.2, 0.25) is 0 Å². The summed E-state index contributed by atoms with van der Waals surface area (Å²) in [5.74, 6) is 0.849. The van der Waals surface area contributed by atoms with Crippen molar-refractivity contribution in [3.63, 3.8) is 0 Å². The van der Waals surface area contributed by atoms with Gasteiger partial charge in [-0.1, -0.05) is 18.2 Å². The van der Waals surface area contributed by atoms with Crippen molar-refractivity contribution in [2.75, 3.05) is 26.7 Å². The number of hydrogen-bond donors (Lipinski definition) is 1. The summed E-state index contributed by atoms with van der Waals surface area (Å²) in [7, 11) is 1.99. The maximum atomic E-state index is 12.6. The van der Waals surface area contributed by atoms with Crippen LogP contribution in [-0.4, -0.2) is 37.5 Å². The van der Waals surface area contributed by atoms with E-state index in [1.807, 2.05) is 43.1 Å². The van der Waals surface area contributed by atoms with Gasteiger partial charge in [-0.3, -0.25) is 4.79 Å². The Labute approximate surface area is 116 Å². The van der Waals surface area contributed by atoms with Crippen molar-refractivity contribution >= 4 is 5.91 Å². The highest BCUT2D eigenvalue weighted by Crippen LogP contribution is 2.21. The molecule has 0 saturated carbocycles. The molecule has 1 aromatic carbocycles. The van der Waals surface area contributed by atoms with Crippen molar-refractivity contribution in [3.05, 3.63) is 35.4 Å². The number of likely N-dealkylation sites (tertiary alicyclic amines) is 1. The van der Waals surface area contributed by atoms with Crippen LogP contribution in [0.1, 0.15) is 35.2 Å². The van der Waals surface area contributed by atoms with Gasteiger partial charge >= 0.3 is 0 Å². The molecular weight excluding hydrogens is 236 g/mol. The predicted molar refractivity (Wildman–Crippen MR) is 78.4 cm³/mol. The lowest BCUT2D eigenvalue weighted by atomic mass is 9.94. The Morgan fingerprint density at radius 3 is 2.95 bits per heavy atom. The van der Waals surface area contributed by atoms with E-state index < -0.39 is 0 Å². The van der Waals surface area contributed by atoms with Gasteiger partial charge in [0.05, 0.1) is 0 Å². The number of benzene rings is 1. The Hall–Kier alpha value is -1.35. The van der Waals surface area contributed by atoms with Crippen molar-refractivity contribution in [2.45, 2.75) is 26.2 Å². The topological polar surface area (TPSA) is 32.3 Å². The SMILES string of the molecule is CNCCC1CCCN(C(=O)c2ccccc2C)C1. The number of aryl methyl sites for hydroxylation is 1. The Morgan fingerprint density at radius 2 is 2.21 bits per heavy atom. The van der Waals surface area contributed by atoms with Gasteiger partial charge in [-0.2, -0.15) is 0 Å². The number of carbonyl (C=O) groups excluding carboxylic acids is 1. The van der Waals surface area contributed by atoms with Gasteiger partial charge in [-0.05, 0) is 57.3 Å². The minimum absolute atomic E-state index is 0.201. The summed E-state index contributed by atoms with van der Waals surface area (Å²) in [5.41, 5.74) is 1.93. The highest BCUT2D eigenvalue weighted by atomic mass is 16.2. The smallest absolute Gasteiger partial charge is 0.254 e. The van der Waals surface area contributed by atoms with E-state index in [1.165, 1.54) is 6.42 Å². The number of nitrogens with one attached hydrogen (secondary N) is 1. The van der Waals surface area contributed by atoms with E-state index in [1.54, 1.807) is 0 Å². The van der Waals surface area contributed by atoms with Gasteiger partial charge in [0, 0.05) is 18.7 Å². The van der Waals surface area contributed by atoms with Gasteiger partial charge in [0.15, 0.2) is 0 Å². The van der Waals surface area contributed by atoms with Crippen LogP contribution in [0.15, 0.2) is 24.3 Å². The minimum atomic E-state index is 0.201. The molecule has 3 heteroatoms. The van der Waals surface area contributed by atoms with Gasteiger partial charge in [-0.15, -0.1) is 0 Å². The highest BCUT2D eigenvalue weighted by molar-refractivity contribution is 5.95. The Bertz CT molecular complexity index is 431. The van der Waals surface area contributed by atoms with Crippen LogP contribution in [0.25, 0.3) is 0 Å². The fraction of sp³-hybridized carbons (Fsp3) is 0.562. The van der Waals surface area contributed by atoms with E-state index in [0.29, 0.717) is 5.92 Å². The fourth-order valence-electron chi connectivity index (χ4n) is 2.82. The summed E-state index contributed by atoms with van der Waals surface area (Å²) in [6, 6.07) is 7.88. The fourth-order valence-corrected chi connectivity index (χ4v) is 2.82. The Kier molecular flexibility index (Phi) is 4.97. The molecule has 0 aliphatic carbocycles. The summed E-state index contributed by atoms with van der Waals surface area (Å²) >= 11 is 0. The first-order valence-electron chi connectivity index (χ1n) is 7.22. The monoisotopic (exact) mass is 260 g/mol.